The number of nitrogens with one attached hydrogen (secondary N) is 1. The highest BCUT2D eigenvalue weighted by molar-refractivity contribution is 5.36. The van der Waals surface area contributed by atoms with Crippen LogP contribution in [0.3, 0.4) is 0 Å². The molecule has 108 valence electrons. The molecule has 2 aromatic heterocycles. The number of rotatable bonds is 6. The summed E-state index contributed by atoms with van der Waals surface area (Å²) >= 11 is 0. The molecule has 0 aliphatic rings. The van der Waals surface area contributed by atoms with Gasteiger partial charge in [0.15, 0.2) is 0 Å². The van der Waals surface area contributed by atoms with Crippen LogP contribution in [0.25, 0.3) is 0 Å². The van der Waals surface area contributed by atoms with Crippen molar-refractivity contribution in [2.75, 3.05) is 11.9 Å². The minimum Gasteiger partial charge on any atom is -0.469 e. The van der Waals surface area contributed by atoms with Crippen molar-refractivity contribution in [1.29, 1.82) is 0 Å². The molecule has 0 fully saturated rings. The van der Waals surface area contributed by atoms with E-state index < -0.39 is 0 Å². The Kier molecular flexibility index (Phi) is 4.74. The summed E-state index contributed by atoms with van der Waals surface area (Å²) in [5.74, 6) is 1.81. The fourth-order valence-electron chi connectivity index (χ4n) is 1.86. The number of furan rings is 1. The molecule has 2 aromatic rings. The lowest BCUT2D eigenvalue weighted by Crippen LogP contribution is -2.23. The van der Waals surface area contributed by atoms with Gasteiger partial charge < -0.3 is 14.6 Å². The molecule has 5 nitrogen and oxygen atoms in total. The van der Waals surface area contributed by atoms with Gasteiger partial charge in [0.05, 0.1) is 24.4 Å². The van der Waals surface area contributed by atoms with E-state index in [2.05, 4.69) is 34.0 Å². The van der Waals surface area contributed by atoms with Gasteiger partial charge in [0.1, 0.15) is 11.6 Å². The van der Waals surface area contributed by atoms with Crippen LogP contribution in [-0.2, 0) is 13.1 Å². The zero-order chi connectivity index (χ0) is 14.5. The first-order chi connectivity index (χ1) is 9.56. The molecule has 5 heteroatoms. The topological polar surface area (TPSA) is 54.2 Å². The maximum absolute atomic E-state index is 5.30. The van der Waals surface area contributed by atoms with Crippen molar-refractivity contribution in [3.63, 3.8) is 0 Å². The van der Waals surface area contributed by atoms with E-state index in [0.29, 0.717) is 6.04 Å². The molecule has 0 saturated carbocycles. The number of hydrogen-bond donors (Lipinski definition) is 1. The average molecular weight is 274 g/mol. The van der Waals surface area contributed by atoms with E-state index in [9.17, 15) is 0 Å². The fourth-order valence-corrected chi connectivity index (χ4v) is 1.86. The molecular weight excluding hydrogens is 252 g/mol. The van der Waals surface area contributed by atoms with Crippen LogP contribution >= 0.6 is 0 Å². The molecule has 0 aliphatic heterocycles. The third kappa shape index (κ3) is 3.81. The van der Waals surface area contributed by atoms with Crippen LogP contribution in [0.1, 0.15) is 30.9 Å². The van der Waals surface area contributed by atoms with Gasteiger partial charge in [0, 0.05) is 31.7 Å². The second kappa shape index (κ2) is 6.52. The maximum Gasteiger partial charge on any atom is 0.147 e. The lowest BCUT2D eigenvalue weighted by atomic mass is 10.2. The van der Waals surface area contributed by atoms with E-state index in [1.165, 1.54) is 5.56 Å². The summed E-state index contributed by atoms with van der Waals surface area (Å²) in [6, 6.07) is 2.43. The SMILES string of the molecule is Cc1occc1CN(C)c1cnc(CNC(C)C)cn1. The largest absolute Gasteiger partial charge is 0.469 e. The monoisotopic (exact) mass is 274 g/mol. The molecule has 20 heavy (non-hydrogen) atoms. The summed E-state index contributed by atoms with van der Waals surface area (Å²) in [5.41, 5.74) is 2.12. The van der Waals surface area contributed by atoms with E-state index in [-0.39, 0.29) is 0 Å². The number of aromatic nitrogens is 2. The van der Waals surface area contributed by atoms with Crippen LogP contribution in [0.15, 0.2) is 29.1 Å². The van der Waals surface area contributed by atoms with E-state index in [4.69, 9.17) is 4.42 Å². The van der Waals surface area contributed by atoms with Crippen molar-refractivity contribution < 1.29 is 4.42 Å². The lowest BCUT2D eigenvalue weighted by Gasteiger charge is -2.17. The highest BCUT2D eigenvalue weighted by Crippen LogP contribution is 2.15. The molecule has 0 radical (unpaired) electrons. The molecule has 0 spiro atoms. The molecule has 0 aromatic carbocycles. The molecule has 0 atom stereocenters. The Hall–Kier alpha value is -1.88. The average Bonchev–Trinajstić information content (AvgIpc) is 2.82. The first-order valence-corrected chi connectivity index (χ1v) is 6.84. The Bertz CT molecular complexity index is 533. The van der Waals surface area contributed by atoms with Gasteiger partial charge in [0.2, 0.25) is 0 Å². The van der Waals surface area contributed by atoms with Gasteiger partial charge >= 0.3 is 0 Å². The summed E-state index contributed by atoms with van der Waals surface area (Å²) in [4.78, 5) is 11.0. The molecule has 0 aliphatic carbocycles. The summed E-state index contributed by atoms with van der Waals surface area (Å²) in [6.45, 7) is 7.71. The Morgan fingerprint density at radius 2 is 2.10 bits per heavy atom. The smallest absolute Gasteiger partial charge is 0.147 e. The van der Waals surface area contributed by atoms with E-state index in [1.807, 2.05) is 32.4 Å². The Morgan fingerprint density at radius 1 is 1.30 bits per heavy atom. The van der Waals surface area contributed by atoms with Gasteiger partial charge in [-0.25, -0.2) is 4.98 Å². The normalized spacial score (nSPS) is 11.1. The Morgan fingerprint density at radius 3 is 2.65 bits per heavy atom. The summed E-state index contributed by atoms with van der Waals surface area (Å²) in [7, 11) is 2.00. The van der Waals surface area contributed by atoms with Crippen molar-refractivity contribution in [3.8, 4) is 0 Å². The van der Waals surface area contributed by atoms with E-state index >= 15 is 0 Å². The number of nitrogens with zero attached hydrogens (tertiary/aromatic N) is 3. The second-order valence-electron chi connectivity index (χ2n) is 5.26. The van der Waals surface area contributed by atoms with Crippen molar-refractivity contribution >= 4 is 5.82 Å². The fraction of sp³-hybridized carbons (Fsp3) is 0.467. The van der Waals surface area contributed by atoms with Gasteiger partial charge in [0.25, 0.3) is 0 Å². The molecular formula is C15H22N4O. The molecule has 0 bridgehead atoms. The molecule has 1 N–H and O–H groups in total. The van der Waals surface area contributed by atoms with Crippen LogP contribution in [0.5, 0.6) is 0 Å². The predicted molar refractivity (Wildman–Crippen MR) is 79.6 cm³/mol. The highest BCUT2D eigenvalue weighted by atomic mass is 16.3. The third-order valence-electron chi connectivity index (χ3n) is 3.15. The highest BCUT2D eigenvalue weighted by Gasteiger charge is 2.08. The van der Waals surface area contributed by atoms with Crippen molar-refractivity contribution in [2.24, 2.45) is 0 Å². The predicted octanol–water partition coefficient (Wildman–Crippen LogP) is 2.51. The van der Waals surface area contributed by atoms with Crippen LogP contribution in [-0.4, -0.2) is 23.1 Å². The van der Waals surface area contributed by atoms with E-state index in [0.717, 1.165) is 30.4 Å². The summed E-state index contributed by atoms with van der Waals surface area (Å²) in [5, 5.41) is 3.33. The van der Waals surface area contributed by atoms with Gasteiger partial charge in [-0.15, -0.1) is 0 Å². The number of aryl methyl sites for hydroxylation is 1. The van der Waals surface area contributed by atoms with E-state index in [1.54, 1.807) is 6.26 Å². The van der Waals surface area contributed by atoms with Gasteiger partial charge in [-0.3, -0.25) is 4.98 Å². The lowest BCUT2D eigenvalue weighted by molar-refractivity contribution is 0.529. The number of anilines is 1. The van der Waals surface area contributed by atoms with Crippen molar-refractivity contribution in [2.45, 2.75) is 39.9 Å². The van der Waals surface area contributed by atoms with Gasteiger partial charge in [-0.1, -0.05) is 13.8 Å². The molecule has 0 unspecified atom stereocenters. The zero-order valence-corrected chi connectivity index (χ0v) is 12.6. The van der Waals surface area contributed by atoms with Crippen molar-refractivity contribution in [1.82, 2.24) is 15.3 Å². The Labute approximate surface area is 120 Å². The second-order valence-corrected chi connectivity index (χ2v) is 5.26. The van der Waals surface area contributed by atoms with Crippen LogP contribution in [0.4, 0.5) is 5.82 Å². The van der Waals surface area contributed by atoms with Crippen molar-refractivity contribution in [3.05, 3.63) is 41.7 Å². The third-order valence-corrected chi connectivity index (χ3v) is 3.15. The maximum atomic E-state index is 5.30. The minimum absolute atomic E-state index is 0.447. The first-order valence-electron chi connectivity index (χ1n) is 6.84. The summed E-state index contributed by atoms with van der Waals surface area (Å²) in [6.07, 6.45) is 5.35. The summed E-state index contributed by atoms with van der Waals surface area (Å²) < 4.78 is 5.30. The quantitative estimate of drug-likeness (QED) is 0.877. The molecule has 0 amide bonds. The van der Waals surface area contributed by atoms with Crippen LogP contribution in [0.2, 0.25) is 0 Å². The first kappa shape index (κ1) is 14.5. The number of hydrogen-bond acceptors (Lipinski definition) is 5. The van der Waals surface area contributed by atoms with Crippen LogP contribution < -0.4 is 10.2 Å². The molecule has 2 rings (SSSR count). The van der Waals surface area contributed by atoms with Gasteiger partial charge in [-0.05, 0) is 13.0 Å². The van der Waals surface area contributed by atoms with Crippen LogP contribution in [0, 0.1) is 6.92 Å². The van der Waals surface area contributed by atoms with Gasteiger partial charge in [-0.2, -0.15) is 0 Å². The standard InChI is InChI=1S/C15H22N4O/c1-11(2)16-7-14-8-18-15(9-17-14)19(4)10-13-5-6-20-12(13)3/h5-6,8-9,11,16H,7,10H2,1-4H3. The molecule has 0 saturated heterocycles. The Balaban J connectivity index is 1.97. The zero-order valence-electron chi connectivity index (χ0n) is 12.6. The minimum atomic E-state index is 0.447. The molecule has 2 heterocycles.